The highest BCUT2D eigenvalue weighted by Gasteiger charge is 2.44. The molecule has 2 heterocycles. The summed E-state index contributed by atoms with van der Waals surface area (Å²) in [6.45, 7) is 0. The number of fused-ring (bicyclic) bond motifs is 1. The van der Waals surface area contributed by atoms with Crippen LogP contribution in [-0.2, 0) is 9.59 Å². The summed E-state index contributed by atoms with van der Waals surface area (Å²) >= 11 is 0. The Morgan fingerprint density at radius 3 is 2.64 bits per heavy atom. The molecule has 5 heteroatoms. The highest BCUT2D eigenvalue weighted by molar-refractivity contribution is 5.88. The number of piperidine rings is 1. The standard InChI is InChI=1S/C9H14N2O3/c10-6-3-1-5-2-4-7(9(13)14)11(5)8(6)12/h5-7H,1-4,10H2,(H,13,14)/t5?,6?,7-/m0/s1. The molecule has 0 aromatic heterocycles. The van der Waals surface area contributed by atoms with Crippen molar-refractivity contribution in [2.24, 2.45) is 5.73 Å². The van der Waals surface area contributed by atoms with Crippen LogP contribution in [0.1, 0.15) is 25.7 Å². The van der Waals surface area contributed by atoms with Gasteiger partial charge in [-0.2, -0.15) is 0 Å². The van der Waals surface area contributed by atoms with Crippen molar-refractivity contribution in [3.8, 4) is 0 Å². The number of aliphatic carboxylic acids is 1. The molecule has 0 bridgehead atoms. The molecule has 2 aliphatic heterocycles. The van der Waals surface area contributed by atoms with Crippen LogP contribution in [0, 0.1) is 0 Å². The van der Waals surface area contributed by atoms with Gasteiger partial charge >= 0.3 is 5.97 Å². The number of nitrogens with two attached hydrogens (primary N) is 1. The maximum absolute atomic E-state index is 11.7. The zero-order chi connectivity index (χ0) is 10.3. The minimum absolute atomic E-state index is 0.114. The van der Waals surface area contributed by atoms with E-state index in [1.54, 1.807) is 0 Å². The van der Waals surface area contributed by atoms with E-state index in [0.29, 0.717) is 12.8 Å². The van der Waals surface area contributed by atoms with Gasteiger partial charge in [0, 0.05) is 6.04 Å². The predicted molar refractivity (Wildman–Crippen MR) is 48.5 cm³/mol. The molecular formula is C9H14N2O3. The maximum atomic E-state index is 11.7. The maximum Gasteiger partial charge on any atom is 0.326 e. The Labute approximate surface area is 81.9 Å². The number of carbonyl (C=O) groups excluding carboxylic acids is 1. The highest BCUT2D eigenvalue weighted by Crippen LogP contribution is 2.31. The largest absolute Gasteiger partial charge is 0.480 e. The van der Waals surface area contributed by atoms with Gasteiger partial charge in [0.1, 0.15) is 6.04 Å². The fourth-order valence-corrected chi connectivity index (χ4v) is 2.43. The molecule has 2 aliphatic rings. The van der Waals surface area contributed by atoms with Crippen LogP contribution in [0.25, 0.3) is 0 Å². The number of carboxylic acid groups (broad SMARTS) is 1. The smallest absolute Gasteiger partial charge is 0.326 e. The SMILES string of the molecule is NC1CCC2CC[C@@H](C(=O)O)N2C1=O. The first kappa shape index (κ1) is 9.45. The number of hydrogen-bond acceptors (Lipinski definition) is 3. The van der Waals surface area contributed by atoms with Crippen LogP contribution in [0.4, 0.5) is 0 Å². The van der Waals surface area contributed by atoms with Gasteiger partial charge in [0.05, 0.1) is 6.04 Å². The molecule has 0 aliphatic carbocycles. The molecule has 2 unspecified atom stereocenters. The van der Waals surface area contributed by atoms with Gasteiger partial charge in [0.2, 0.25) is 5.91 Å². The molecule has 0 spiro atoms. The lowest BCUT2D eigenvalue weighted by Crippen LogP contribution is -2.55. The van der Waals surface area contributed by atoms with Crippen LogP contribution in [0.2, 0.25) is 0 Å². The summed E-state index contributed by atoms with van der Waals surface area (Å²) < 4.78 is 0. The van der Waals surface area contributed by atoms with Crippen molar-refractivity contribution >= 4 is 11.9 Å². The molecule has 5 nitrogen and oxygen atoms in total. The Hall–Kier alpha value is -1.10. The lowest BCUT2D eigenvalue weighted by Gasteiger charge is -2.35. The van der Waals surface area contributed by atoms with Gasteiger partial charge in [-0.1, -0.05) is 0 Å². The molecule has 2 fully saturated rings. The van der Waals surface area contributed by atoms with E-state index in [1.165, 1.54) is 4.90 Å². The van der Waals surface area contributed by atoms with Crippen molar-refractivity contribution in [2.45, 2.75) is 43.8 Å². The van der Waals surface area contributed by atoms with Crippen LogP contribution < -0.4 is 5.73 Å². The molecule has 0 saturated carbocycles. The zero-order valence-corrected chi connectivity index (χ0v) is 7.85. The summed E-state index contributed by atoms with van der Waals surface area (Å²) in [7, 11) is 0. The number of carboxylic acids is 1. The van der Waals surface area contributed by atoms with Crippen molar-refractivity contribution in [1.29, 1.82) is 0 Å². The van der Waals surface area contributed by atoms with Gasteiger partial charge in [-0.25, -0.2) is 4.79 Å². The van der Waals surface area contributed by atoms with Crippen LogP contribution in [-0.4, -0.2) is 40.0 Å². The molecule has 3 atom stereocenters. The molecule has 0 aromatic carbocycles. The van der Waals surface area contributed by atoms with Gasteiger partial charge in [0.25, 0.3) is 0 Å². The molecule has 0 radical (unpaired) electrons. The Balaban J connectivity index is 2.20. The number of nitrogens with zero attached hydrogens (tertiary/aromatic N) is 1. The Morgan fingerprint density at radius 2 is 2.00 bits per heavy atom. The van der Waals surface area contributed by atoms with Crippen molar-refractivity contribution in [3.63, 3.8) is 0 Å². The van der Waals surface area contributed by atoms with Crippen LogP contribution in [0.15, 0.2) is 0 Å². The van der Waals surface area contributed by atoms with Crippen LogP contribution >= 0.6 is 0 Å². The molecule has 14 heavy (non-hydrogen) atoms. The third-order valence-electron chi connectivity index (χ3n) is 3.17. The summed E-state index contributed by atoms with van der Waals surface area (Å²) in [6, 6.07) is -1.02. The second kappa shape index (κ2) is 3.24. The third kappa shape index (κ3) is 1.28. The van der Waals surface area contributed by atoms with E-state index in [-0.39, 0.29) is 11.9 Å². The first-order valence-corrected chi connectivity index (χ1v) is 4.92. The van der Waals surface area contributed by atoms with E-state index in [2.05, 4.69) is 0 Å². The molecular weight excluding hydrogens is 184 g/mol. The van der Waals surface area contributed by atoms with E-state index in [4.69, 9.17) is 10.8 Å². The molecule has 2 rings (SSSR count). The van der Waals surface area contributed by atoms with Crippen molar-refractivity contribution in [2.75, 3.05) is 0 Å². The van der Waals surface area contributed by atoms with Gasteiger partial charge in [-0.15, -0.1) is 0 Å². The molecule has 1 amide bonds. The lowest BCUT2D eigenvalue weighted by molar-refractivity contribution is -0.151. The minimum atomic E-state index is -0.907. The van der Waals surface area contributed by atoms with Crippen LogP contribution in [0.5, 0.6) is 0 Å². The average molecular weight is 198 g/mol. The summed E-state index contributed by atoms with van der Waals surface area (Å²) in [5.74, 6) is -1.10. The first-order valence-electron chi connectivity index (χ1n) is 4.92. The summed E-state index contributed by atoms with van der Waals surface area (Å²) in [4.78, 5) is 24.0. The average Bonchev–Trinajstić information content (AvgIpc) is 2.55. The second-order valence-electron chi connectivity index (χ2n) is 4.01. The Bertz CT molecular complexity index is 279. The monoisotopic (exact) mass is 198 g/mol. The van der Waals surface area contributed by atoms with Crippen molar-refractivity contribution in [3.05, 3.63) is 0 Å². The lowest BCUT2D eigenvalue weighted by atomic mass is 9.99. The van der Waals surface area contributed by atoms with Gasteiger partial charge in [-0.05, 0) is 25.7 Å². The molecule has 78 valence electrons. The second-order valence-corrected chi connectivity index (χ2v) is 4.01. The van der Waals surface area contributed by atoms with E-state index in [9.17, 15) is 9.59 Å². The summed E-state index contributed by atoms with van der Waals surface area (Å²) in [6.07, 6.45) is 2.90. The van der Waals surface area contributed by atoms with Gasteiger partial charge in [-0.3, -0.25) is 4.79 Å². The molecule has 3 N–H and O–H groups in total. The third-order valence-corrected chi connectivity index (χ3v) is 3.17. The Morgan fingerprint density at radius 1 is 1.36 bits per heavy atom. The van der Waals surface area contributed by atoms with Crippen molar-refractivity contribution in [1.82, 2.24) is 4.90 Å². The normalized spacial score (nSPS) is 37.1. The van der Waals surface area contributed by atoms with E-state index < -0.39 is 18.1 Å². The van der Waals surface area contributed by atoms with Gasteiger partial charge in [0.15, 0.2) is 0 Å². The Kier molecular flexibility index (Phi) is 2.19. The van der Waals surface area contributed by atoms with E-state index in [0.717, 1.165) is 12.8 Å². The predicted octanol–water partition coefficient (Wildman–Crippen LogP) is -0.448. The molecule has 0 aromatic rings. The van der Waals surface area contributed by atoms with Crippen LogP contribution in [0.3, 0.4) is 0 Å². The van der Waals surface area contributed by atoms with E-state index in [1.807, 2.05) is 0 Å². The number of hydrogen-bond donors (Lipinski definition) is 2. The van der Waals surface area contributed by atoms with E-state index >= 15 is 0 Å². The topological polar surface area (TPSA) is 83.6 Å². The van der Waals surface area contributed by atoms with Crippen molar-refractivity contribution < 1.29 is 14.7 Å². The number of amides is 1. The fraction of sp³-hybridized carbons (Fsp3) is 0.778. The zero-order valence-electron chi connectivity index (χ0n) is 7.85. The summed E-state index contributed by atoms with van der Waals surface area (Å²) in [5, 5.41) is 8.92. The van der Waals surface area contributed by atoms with Gasteiger partial charge < -0.3 is 15.7 Å². The molecule has 2 saturated heterocycles. The minimum Gasteiger partial charge on any atom is -0.480 e. The fourth-order valence-electron chi connectivity index (χ4n) is 2.43. The first-order chi connectivity index (χ1) is 6.61. The highest BCUT2D eigenvalue weighted by atomic mass is 16.4. The number of carbonyl (C=O) groups is 2. The number of rotatable bonds is 1. The quantitative estimate of drug-likeness (QED) is 0.597. The summed E-state index contributed by atoms with van der Waals surface area (Å²) in [5.41, 5.74) is 5.61.